The Bertz CT molecular complexity index is 553. The van der Waals surface area contributed by atoms with Crippen molar-refractivity contribution in [2.45, 2.75) is 69.6 Å². The molecule has 23 heavy (non-hydrogen) atoms. The summed E-state index contributed by atoms with van der Waals surface area (Å²) < 4.78 is -0.501. The van der Waals surface area contributed by atoms with E-state index in [1.165, 1.54) is 6.42 Å². The molecule has 128 valence electrons. The van der Waals surface area contributed by atoms with Crippen LogP contribution in [0.4, 0.5) is 0 Å². The highest BCUT2D eigenvalue weighted by molar-refractivity contribution is 8.01. The van der Waals surface area contributed by atoms with Gasteiger partial charge in [-0.2, -0.15) is 0 Å². The maximum Gasteiger partial charge on any atom is 0.236 e. The molecule has 0 bridgehead atoms. The summed E-state index contributed by atoms with van der Waals surface area (Å²) in [4.78, 5) is 13.8. The Morgan fingerprint density at radius 2 is 1.87 bits per heavy atom. The molecule has 1 aromatic rings. The van der Waals surface area contributed by atoms with Gasteiger partial charge < -0.3 is 5.32 Å². The first kappa shape index (κ1) is 18.7. The first-order valence-electron chi connectivity index (χ1n) is 8.33. The topological polar surface area (TPSA) is 29.1 Å². The standard InChI is InChI=1S/C19H28ClNOS/c1-13-10-15(12-18(2,3)11-13)21-17(22)19(4,5)23-16-8-6-14(20)7-9-16/h6-9,13,15H,10-12H2,1-5H3,(H,21,22). The van der Waals surface area contributed by atoms with Gasteiger partial charge in [0, 0.05) is 16.0 Å². The lowest BCUT2D eigenvalue weighted by Crippen LogP contribution is -2.48. The van der Waals surface area contributed by atoms with Gasteiger partial charge in [-0.05, 0) is 68.7 Å². The molecule has 0 aromatic heterocycles. The molecular formula is C19H28ClNOS. The summed E-state index contributed by atoms with van der Waals surface area (Å²) in [7, 11) is 0. The zero-order valence-electron chi connectivity index (χ0n) is 14.8. The van der Waals surface area contributed by atoms with Crippen molar-refractivity contribution in [1.82, 2.24) is 5.32 Å². The van der Waals surface area contributed by atoms with Crippen LogP contribution in [-0.2, 0) is 4.79 Å². The van der Waals surface area contributed by atoms with Gasteiger partial charge in [0.15, 0.2) is 0 Å². The Hall–Kier alpha value is -0.670. The van der Waals surface area contributed by atoms with E-state index in [2.05, 4.69) is 26.1 Å². The molecule has 1 aliphatic rings. The minimum atomic E-state index is -0.501. The molecule has 2 rings (SSSR count). The van der Waals surface area contributed by atoms with Crippen LogP contribution in [0.15, 0.2) is 29.2 Å². The minimum Gasteiger partial charge on any atom is -0.352 e. The zero-order valence-corrected chi connectivity index (χ0v) is 16.4. The molecule has 1 amide bonds. The van der Waals surface area contributed by atoms with E-state index >= 15 is 0 Å². The molecule has 1 aromatic carbocycles. The molecule has 2 unspecified atom stereocenters. The van der Waals surface area contributed by atoms with Gasteiger partial charge in [-0.1, -0.05) is 32.4 Å². The third-order valence-electron chi connectivity index (χ3n) is 4.46. The van der Waals surface area contributed by atoms with Crippen molar-refractivity contribution in [2.75, 3.05) is 0 Å². The van der Waals surface area contributed by atoms with Crippen LogP contribution in [0.2, 0.25) is 5.02 Å². The maximum absolute atomic E-state index is 12.8. The van der Waals surface area contributed by atoms with Crippen LogP contribution in [0.5, 0.6) is 0 Å². The Morgan fingerprint density at radius 1 is 1.26 bits per heavy atom. The van der Waals surface area contributed by atoms with Crippen molar-refractivity contribution in [3.05, 3.63) is 29.3 Å². The lowest BCUT2D eigenvalue weighted by Gasteiger charge is -2.40. The van der Waals surface area contributed by atoms with E-state index in [0.717, 1.165) is 22.8 Å². The Kier molecular flexibility index (Phi) is 5.73. The van der Waals surface area contributed by atoms with Gasteiger partial charge in [0.1, 0.15) is 0 Å². The van der Waals surface area contributed by atoms with Crippen LogP contribution in [0.25, 0.3) is 0 Å². The average molecular weight is 354 g/mol. The van der Waals surface area contributed by atoms with Crippen molar-refractivity contribution in [3.63, 3.8) is 0 Å². The quantitative estimate of drug-likeness (QED) is 0.720. The van der Waals surface area contributed by atoms with Crippen molar-refractivity contribution in [1.29, 1.82) is 0 Å². The number of amides is 1. The fourth-order valence-electron chi connectivity index (χ4n) is 3.66. The summed E-state index contributed by atoms with van der Waals surface area (Å²) in [5.41, 5.74) is 0.309. The monoisotopic (exact) mass is 353 g/mol. The second-order valence-corrected chi connectivity index (χ2v) is 10.3. The van der Waals surface area contributed by atoms with E-state index in [1.54, 1.807) is 11.8 Å². The fraction of sp³-hybridized carbons (Fsp3) is 0.632. The smallest absolute Gasteiger partial charge is 0.236 e. The molecule has 0 aliphatic heterocycles. The van der Waals surface area contributed by atoms with Crippen LogP contribution in [0, 0.1) is 11.3 Å². The summed E-state index contributed by atoms with van der Waals surface area (Å²) in [5, 5.41) is 4.01. The van der Waals surface area contributed by atoms with Gasteiger partial charge in [-0.15, -0.1) is 11.8 Å². The Morgan fingerprint density at radius 3 is 2.43 bits per heavy atom. The summed E-state index contributed by atoms with van der Waals surface area (Å²) in [6.45, 7) is 10.9. The predicted octanol–water partition coefficient (Wildman–Crippen LogP) is 5.54. The molecule has 2 nitrogen and oxygen atoms in total. The van der Waals surface area contributed by atoms with Gasteiger partial charge in [-0.25, -0.2) is 0 Å². The normalized spacial score (nSPS) is 24.3. The van der Waals surface area contributed by atoms with E-state index in [9.17, 15) is 4.79 Å². The summed E-state index contributed by atoms with van der Waals surface area (Å²) in [6, 6.07) is 7.94. The molecule has 1 saturated carbocycles. The lowest BCUT2D eigenvalue weighted by atomic mass is 9.70. The minimum absolute atomic E-state index is 0.118. The van der Waals surface area contributed by atoms with Crippen LogP contribution < -0.4 is 5.32 Å². The third kappa shape index (κ3) is 5.42. The summed E-state index contributed by atoms with van der Waals surface area (Å²) in [6.07, 6.45) is 3.38. The Labute approximate surface area is 149 Å². The highest BCUT2D eigenvalue weighted by Gasteiger charge is 2.36. The van der Waals surface area contributed by atoms with E-state index in [-0.39, 0.29) is 11.9 Å². The third-order valence-corrected chi connectivity index (χ3v) is 5.91. The van der Waals surface area contributed by atoms with Crippen LogP contribution >= 0.6 is 23.4 Å². The molecule has 0 heterocycles. The van der Waals surface area contributed by atoms with Gasteiger partial charge >= 0.3 is 0 Å². The molecule has 1 aliphatic carbocycles. The highest BCUT2D eigenvalue weighted by Crippen LogP contribution is 2.39. The molecule has 0 radical (unpaired) electrons. The maximum atomic E-state index is 12.8. The fourth-order valence-corrected chi connectivity index (χ4v) is 4.80. The van der Waals surface area contributed by atoms with E-state index < -0.39 is 4.75 Å². The number of halogens is 1. The number of benzene rings is 1. The number of hydrogen-bond acceptors (Lipinski definition) is 2. The van der Waals surface area contributed by atoms with Crippen LogP contribution in [-0.4, -0.2) is 16.7 Å². The van der Waals surface area contributed by atoms with Crippen LogP contribution in [0.1, 0.15) is 53.9 Å². The number of rotatable bonds is 4. The molecule has 2 atom stereocenters. The second-order valence-electron chi connectivity index (χ2n) is 8.15. The zero-order chi connectivity index (χ0) is 17.3. The predicted molar refractivity (Wildman–Crippen MR) is 100 cm³/mol. The van der Waals surface area contributed by atoms with E-state index in [0.29, 0.717) is 11.3 Å². The van der Waals surface area contributed by atoms with Gasteiger partial charge in [0.25, 0.3) is 0 Å². The number of hydrogen-bond donors (Lipinski definition) is 1. The van der Waals surface area contributed by atoms with Crippen molar-refractivity contribution < 1.29 is 4.79 Å². The van der Waals surface area contributed by atoms with Gasteiger partial charge in [-0.3, -0.25) is 4.79 Å². The molecule has 4 heteroatoms. The first-order valence-corrected chi connectivity index (χ1v) is 9.52. The molecular weight excluding hydrogens is 326 g/mol. The highest BCUT2D eigenvalue weighted by atomic mass is 35.5. The van der Waals surface area contributed by atoms with Gasteiger partial charge in [0.05, 0.1) is 4.75 Å². The molecule has 1 fully saturated rings. The van der Waals surface area contributed by atoms with Crippen molar-refractivity contribution >= 4 is 29.3 Å². The first-order chi connectivity index (χ1) is 10.6. The average Bonchev–Trinajstić information content (AvgIpc) is 2.38. The summed E-state index contributed by atoms with van der Waals surface area (Å²) in [5.74, 6) is 0.781. The van der Waals surface area contributed by atoms with Crippen LogP contribution in [0.3, 0.4) is 0 Å². The lowest BCUT2D eigenvalue weighted by molar-refractivity contribution is -0.124. The van der Waals surface area contributed by atoms with Crippen molar-refractivity contribution in [2.24, 2.45) is 11.3 Å². The molecule has 1 N–H and O–H groups in total. The largest absolute Gasteiger partial charge is 0.352 e. The molecule has 0 saturated heterocycles. The molecule has 0 spiro atoms. The SMILES string of the molecule is CC1CC(NC(=O)C(C)(C)Sc2ccc(Cl)cc2)CC(C)(C)C1. The van der Waals surface area contributed by atoms with E-state index in [1.807, 2.05) is 38.1 Å². The van der Waals surface area contributed by atoms with E-state index in [4.69, 9.17) is 11.6 Å². The second kappa shape index (κ2) is 7.06. The van der Waals surface area contributed by atoms with Crippen molar-refractivity contribution in [3.8, 4) is 0 Å². The van der Waals surface area contributed by atoms with Gasteiger partial charge in [0.2, 0.25) is 5.91 Å². The Balaban J connectivity index is 1.99. The number of thioether (sulfide) groups is 1. The summed E-state index contributed by atoms with van der Waals surface area (Å²) >= 11 is 7.51. The number of nitrogens with one attached hydrogen (secondary N) is 1. The number of carbonyl (C=O) groups is 1. The number of carbonyl (C=O) groups excluding carboxylic acids is 1.